The number of aryl methyl sites for hydroxylation is 2. The number of nitrogens with zero attached hydrogens (tertiary/aromatic N) is 1. The maximum atomic E-state index is 5.57. The Balaban J connectivity index is 1.91. The summed E-state index contributed by atoms with van der Waals surface area (Å²) in [5.41, 5.74) is 3.96. The quantitative estimate of drug-likeness (QED) is 0.825. The fourth-order valence-corrected chi connectivity index (χ4v) is 2.47. The van der Waals surface area contributed by atoms with Crippen molar-refractivity contribution in [2.45, 2.75) is 32.6 Å². The Labute approximate surface area is 107 Å². The number of fused-ring (bicyclic) bond motifs is 1. The van der Waals surface area contributed by atoms with Gasteiger partial charge in [0.15, 0.2) is 0 Å². The van der Waals surface area contributed by atoms with Crippen LogP contribution >= 0.6 is 0 Å². The number of rotatable bonds is 3. The van der Waals surface area contributed by atoms with E-state index in [4.69, 9.17) is 9.15 Å². The molecule has 3 rings (SSSR count). The normalized spacial score (nSPS) is 14.3. The molecule has 18 heavy (non-hydrogen) atoms. The summed E-state index contributed by atoms with van der Waals surface area (Å²) < 4.78 is 10.9. The SMILES string of the molecule is CCOc1cnc(-c2ccc3c(c2)CCCC3)o1. The van der Waals surface area contributed by atoms with Gasteiger partial charge >= 0.3 is 5.95 Å². The average molecular weight is 243 g/mol. The molecule has 3 heteroatoms. The lowest BCUT2D eigenvalue weighted by Gasteiger charge is -2.15. The number of aromatic nitrogens is 1. The minimum absolute atomic E-state index is 0.491. The smallest absolute Gasteiger partial charge is 0.305 e. The topological polar surface area (TPSA) is 35.3 Å². The third kappa shape index (κ3) is 2.13. The van der Waals surface area contributed by atoms with Crippen molar-refractivity contribution in [1.82, 2.24) is 4.98 Å². The number of benzene rings is 1. The van der Waals surface area contributed by atoms with Gasteiger partial charge in [-0.2, -0.15) is 0 Å². The third-order valence-corrected chi connectivity index (χ3v) is 3.37. The van der Waals surface area contributed by atoms with E-state index in [0.717, 1.165) is 5.56 Å². The van der Waals surface area contributed by atoms with E-state index in [1.54, 1.807) is 6.20 Å². The summed E-state index contributed by atoms with van der Waals surface area (Å²) in [6, 6.07) is 6.50. The van der Waals surface area contributed by atoms with E-state index < -0.39 is 0 Å². The first-order chi connectivity index (χ1) is 8.86. The highest BCUT2D eigenvalue weighted by atomic mass is 16.6. The van der Waals surface area contributed by atoms with Crippen molar-refractivity contribution in [2.75, 3.05) is 6.61 Å². The fourth-order valence-electron chi connectivity index (χ4n) is 2.47. The first-order valence-corrected chi connectivity index (χ1v) is 6.57. The summed E-state index contributed by atoms with van der Waals surface area (Å²) in [6.07, 6.45) is 6.60. The lowest BCUT2D eigenvalue weighted by molar-refractivity contribution is 0.260. The van der Waals surface area contributed by atoms with Crippen LogP contribution in [0.15, 0.2) is 28.8 Å². The number of hydrogen-bond acceptors (Lipinski definition) is 3. The van der Waals surface area contributed by atoms with Crippen LogP contribution in [0.2, 0.25) is 0 Å². The zero-order valence-corrected chi connectivity index (χ0v) is 10.6. The van der Waals surface area contributed by atoms with Gasteiger partial charge in [-0.25, -0.2) is 4.98 Å². The van der Waals surface area contributed by atoms with Crippen LogP contribution in [0.25, 0.3) is 11.5 Å². The fraction of sp³-hybridized carbons (Fsp3) is 0.400. The summed E-state index contributed by atoms with van der Waals surface area (Å²) in [6.45, 7) is 2.53. The predicted octanol–water partition coefficient (Wildman–Crippen LogP) is 3.62. The molecule has 1 heterocycles. The maximum Gasteiger partial charge on any atom is 0.305 e. The van der Waals surface area contributed by atoms with Gasteiger partial charge < -0.3 is 9.15 Å². The van der Waals surface area contributed by atoms with Crippen LogP contribution < -0.4 is 4.74 Å². The molecule has 0 saturated heterocycles. The molecular formula is C15H17NO2. The molecule has 1 aliphatic carbocycles. The zero-order valence-electron chi connectivity index (χ0n) is 10.6. The molecule has 0 radical (unpaired) electrons. The van der Waals surface area contributed by atoms with E-state index in [9.17, 15) is 0 Å². The van der Waals surface area contributed by atoms with Crippen molar-refractivity contribution in [1.29, 1.82) is 0 Å². The number of hydrogen-bond donors (Lipinski definition) is 0. The Morgan fingerprint density at radius 3 is 2.89 bits per heavy atom. The van der Waals surface area contributed by atoms with Gasteiger partial charge in [0.05, 0.1) is 6.61 Å². The van der Waals surface area contributed by atoms with Gasteiger partial charge in [0, 0.05) is 5.56 Å². The van der Waals surface area contributed by atoms with Gasteiger partial charge in [0.25, 0.3) is 0 Å². The molecule has 0 amide bonds. The monoisotopic (exact) mass is 243 g/mol. The maximum absolute atomic E-state index is 5.57. The Morgan fingerprint density at radius 1 is 1.22 bits per heavy atom. The van der Waals surface area contributed by atoms with Crippen LogP contribution in [-0.2, 0) is 12.8 Å². The van der Waals surface area contributed by atoms with Crippen molar-refractivity contribution in [3.05, 3.63) is 35.5 Å². The Morgan fingerprint density at radius 2 is 2.06 bits per heavy atom. The van der Waals surface area contributed by atoms with Gasteiger partial charge in [-0.1, -0.05) is 6.07 Å². The second kappa shape index (κ2) is 4.84. The average Bonchev–Trinajstić information content (AvgIpc) is 2.87. The molecular weight excluding hydrogens is 226 g/mol. The minimum Gasteiger partial charge on any atom is -0.464 e. The van der Waals surface area contributed by atoms with Crippen molar-refractivity contribution in [3.8, 4) is 17.4 Å². The van der Waals surface area contributed by atoms with E-state index in [0.29, 0.717) is 18.4 Å². The summed E-state index contributed by atoms with van der Waals surface area (Å²) in [7, 11) is 0. The van der Waals surface area contributed by atoms with E-state index in [2.05, 4.69) is 23.2 Å². The largest absolute Gasteiger partial charge is 0.464 e. The molecule has 0 spiro atoms. The van der Waals surface area contributed by atoms with E-state index in [-0.39, 0.29) is 0 Å². The summed E-state index contributed by atoms with van der Waals surface area (Å²) >= 11 is 0. The molecule has 1 aromatic carbocycles. The van der Waals surface area contributed by atoms with Crippen molar-refractivity contribution in [2.24, 2.45) is 0 Å². The number of ether oxygens (including phenoxy) is 1. The molecule has 94 valence electrons. The molecule has 0 saturated carbocycles. The van der Waals surface area contributed by atoms with Gasteiger partial charge in [0.1, 0.15) is 6.20 Å². The molecule has 0 unspecified atom stereocenters. The standard InChI is InChI=1S/C15H17NO2/c1-2-17-14-10-16-15(18-14)13-8-7-11-5-3-4-6-12(11)9-13/h7-10H,2-6H2,1H3. The summed E-state index contributed by atoms with van der Waals surface area (Å²) in [5, 5.41) is 0. The number of oxazole rings is 1. The first-order valence-electron chi connectivity index (χ1n) is 6.57. The molecule has 1 aromatic heterocycles. The summed E-state index contributed by atoms with van der Waals surface area (Å²) in [4.78, 5) is 4.26. The summed E-state index contributed by atoms with van der Waals surface area (Å²) in [5.74, 6) is 1.14. The van der Waals surface area contributed by atoms with E-state index in [1.807, 2.05) is 6.92 Å². The van der Waals surface area contributed by atoms with Crippen LogP contribution in [0, 0.1) is 0 Å². The lowest BCUT2D eigenvalue weighted by atomic mass is 9.90. The Kier molecular flexibility index (Phi) is 3.05. The molecule has 2 aromatic rings. The van der Waals surface area contributed by atoms with Gasteiger partial charge in [-0.05, 0) is 55.9 Å². The zero-order chi connectivity index (χ0) is 12.4. The van der Waals surface area contributed by atoms with E-state index >= 15 is 0 Å². The van der Waals surface area contributed by atoms with Gasteiger partial charge in [-0.3, -0.25) is 0 Å². The Hall–Kier alpha value is -1.77. The van der Waals surface area contributed by atoms with Crippen LogP contribution in [0.4, 0.5) is 0 Å². The highest BCUT2D eigenvalue weighted by molar-refractivity contribution is 5.56. The van der Waals surface area contributed by atoms with Gasteiger partial charge in [0.2, 0.25) is 5.89 Å². The molecule has 0 atom stereocenters. The second-order valence-corrected chi connectivity index (χ2v) is 4.61. The minimum atomic E-state index is 0.491. The van der Waals surface area contributed by atoms with Crippen LogP contribution in [0.3, 0.4) is 0 Å². The van der Waals surface area contributed by atoms with Crippen molar-refractivity contribution >= 4 is 0 Å². The molecule has 1 aliphatic rings. The lowest BCUT2D eigenvalue weighted by Crippen LogP contribution is -2.02. The second-order valence-electron chi connectivity index (χ2n) is 4.61. The van der Waals surface area contributed by atoms with Gasteiger partial charge in [-0.15, -0.1) is 0 Å². The van der Waals surface area contributed by atoms with E-state index in [1.165, 1.54) is 36.8 Å². The molecule has 3 nitrogen and oxygen atoms in total. The van der Waals surface area contributed by atoms with Crippen LogP contribution in [-0.4, -0.2) is 11.6 Å². The van der Waals surface area contributed by atoms with Crippen molar-refractivity contribution < 1.29 is 9.15 Å². The highest BCUT2D eigenvalue weighted by Gasteiger charge is 2.13. The van der Waals surface area contributed by atoms with Crippen LogP contribution in [0.5, 0.6) is 5.95 Å². The predicted molar refractivity (Wildman–Crippen MR) is 69.8 cm³/mol. The third-order valence-electron chi connectivity index (χ3n) is 3.37. The Bertz CT molecular complexity index is 545. The molecule has 0 bridgehead atoms. The molecule has 0 fully saturated rings. The molecule has 0 aliphatic heterocycles. The van der Waals surface area contributed by atoms with Crippen LogP contribution in [0.1, 0.15) is 30.9 Å². The first kappa shape index (κ1) is 11.3. The van der Waals surface area contributed by atoms with Crippen molar-refractivity contribution in [3.63, 3.8) is 0 Å². The molecule has 0 N–H and O–H groups in total. The highest BCUT2D eigenvalue weighted by Crippen LogP contribution is 2.28.